The van der Waals surface area contributed by atoms with E-state index < -0.39 is 0 Å². The van der Waals surface area contributed by atoms with Gasteiger partial charge in [0.05, 0.1) is 0 Å². The molecule has 0 atom stereocenters. The largest absolute Gasteiger partial charge is 0.358 e. The zero-order valence-corrected chi connectivity index (χ0v) is 7.83. The van der Waals surface area contributed by atoms with Crippen LogP contribution in [0.1, 0.15) is 12.7 Å². The molecule has 0 saturated heterocycles. The third-order valence-electron chi connectivity index (χ3n) is 2.66. The zero-order valence-electron chi connectivity index (χ0n) is 7.83. The average Bonchev–Trinajstić information content (AvgIpc) is 2.42. The highest BCUT2D eigenvalue weighted by atomic mass is 14.7. The number of nitrogens with one attached hydrogen (secondary N) is 1. The topological polar surface area (TPSA) is 15.8 Å². The van der Waals surface area contributed by atoms with Crippen LogP contribution in [-0.4, -0.2) is 4.98 Å². The van der Waals surface area contributed by atoms with E-state index in [1.165, 1.54) is 22.2 Å². The first-order valence-electron chi connectivity index (χ1n) is 4.88. The van der Waals surface area contributed by atoms with Crippen LogP contribution in [0.5, 0.6) is 0 Å². The Morgan fingerprint density at radius 1 is 1.14 bits per heavy atom. The normalized spacial score (nSPS) is 14.3. The molecule has 1 N–H and O–H groups in total. The predicted molar refractivity (Wildman–Crippen MR) is 62.3 cm³/mol. The summed E-state index contributed by atoms with van der Waals surface area (Å²) in [6.45, 7) is 0. The molecule has 1 aromatic carbocycles. The maximum Gasteiger partial charge on any atom is 0.0462 e. The molecule has 3 rings (SSSR count). The fourth-order valence-corrected chi connectivity index (χ4v) is 1.99. The van der Waals surface area contributed by atoms with E-state index in [1.807, 2.05) is 0 Å². The SMILES string of the molecule is C1=CCc2[nH]c3ccccc3c2C=C1.[HH]. The van der Waals surface area contributed by atoms with E-state index in [0.29, 0.717) is 0 Å². The average molecular weight is 183 g/mol. The van der Waals surface area contributed by atoms with Crippen molar-refractivity contribution in [2.45, 2.75) is 6.42 Å². The van der Waals surface area contributed by atoms with Gasteiger partial charge in [0.25, 0.3) is 0 Å². The molecule has 0 amide bonds. The van der Waals surface area contributed by atoms with Gasteiger partial charge in [-0.1, -0.05) is 42.5 Å². The smallest absolute Gasteiger partial charge is 0.0462 e. The number of aromatic nitrogens is 1. The molecule has 0 radical (unpaired) electrons. The van der Waals surface area contributed by atoms with Crippen molar-refractivity contribution in [1.82, 2.24) is 4.98 Å². The van der Waals surface area contributed by atoms with Crippen LogP contribution in [0.3, 0.4) is 0 Å². The van der Waals surface area contributed by atoms with E-state index in [4.69, 9.17) is 0 Å². The van der Waals surface area contributed by atoms with Gasteiger partial charge < -0.3 is 4.98 Å². The number of hydrogen-bond acceptors (Lipinski definition) is 0. The first kappa shape index (κ1) is 7.63. The summed E-state index contributed by atoms with van der Waals surface area (Å²) >= 11 is 0. The van der Waals surface area contributed by atoms with Crippen LogP contribution in [-0.2, 0) is 6.42 Å². The van der Waals surface area contributed by atoms with Crippen molar-refractivity contribution in [3.8, 4) is 0 Å². The highest BCUT2D eigenvalue weighted by molar-refractivity contribution is 5.91. The number of allylic oxidation sites excluding steroid dienone is 3. The fraction of sp³-hybridized carbons (Fsp3) is 0.0769. The predicted octanol–water partition coefficient (Wildman–Crippen LogP) is 3.54. The van der Waals surface area contributed by atoms with Gasteiger partial charge in [-0.2, -0.15) is 0 Å². The van der Waals surface area contributed by atoms with Crippen LogP contribution in [0.15, 0.2) is 42.5 Å². The summed E-state index contributed by atoms with van der Waals surface area (Å²) in [5.74, 6) is 0. The van der Waals surface area contributed by atoms with Crippen LogP contribution in [0.25, 0.3) is 17.0 Å². The molecule has 1 heteroatoms. The Morgan fingerprint density at radius 2 is 2.07 bits per heavy atom. The zero-order chi connectivity index (χ0) is 9.38. The summed E-state index contributed by atoms with van der Waals surface area (Å²) in [6.07, 6.45) is 9.56. The Bertz CT molecular complexity index is 534. The lowest BCUT2D eigenvalue weighted by molar-refractivity contribution is 1.17. The minimum atomic E-state index is 0. The van der Waals surface area contributed by atoms with Gasteiger partial charge in [0.15, 0.2) is 0 Å². The summed E-state index contributed by atoms with van der Waals surface area (Å²) in [4.78, 5) is 3.45. The summed E-state index contributed by atoms with van der Waals surface area (Å²) in [6, 6.07) is 8.45. The molecule has 1 aliphatic carbocycles. The molecule has 14 heavy (non-hydrogen) atoms. The van der Waals surface area contributed by atoms with Crippen molar-refractivity contribution in [2.24, 2.45) is 0 Å². The van der Waals surface area contributed by atoms with Crippen LogP contribution >= 0.6 is 0 Å². The molecule has 1 nitrogen and oxygen atoms in total. The number of fused-ring (bicyclic) bond motifs is 3. The second-order valence-electron chi connectivity index (χ2n) is 3.55. The molecule has 0 bridgehead atoms. The highest BCUT2D eigenvalue weighted by Crippen LogP contribution is 2.25. The minimum Gasteiger partial charge on any atom is -0.358 e. The van der Waals surface area contributed by atoms with Crippen molar-refractivity contribution < 1.29 is 1.43 Å². The second-order valence-corrected chi connectivity index (χ2v) is 3.55. The summed E-state index contributed by atoms with van der Waals surface area (Å²) in [5, 5.41) is 1.32. The third-order valence-corrected chi connectivity index (χ3v) is 2.66. The van der Waals surface area contributed by atoms with Gasteiger partial charge in [-0.3, -0.25) is 0 Å². The molecule has 0 aliphatic heterocycles. The third kappa shape index (κ3) is 1.02. The van der Waals surface area contributed by atoms with E-state index >= 15 is 0 Å². The van der Waals surface area contributed by atoms with E-state index in [9.17, 15) is 0 Å². The summed E-state index contributed by atoms with van der Waals surface area (Å²) < 4.78 is 0. The lowest BCUT2D eigenvalue weighted by Gasteiger charge is -1.92. The molecule has 0 saturated carbocycles. The van der Waals surface area contributed by atoms with Crippen molar-refractivity contribution in [2.75, 3.05) is 0 Å². The maximum absolute atomic E-state index is 3.45. The first-order chi connectivity index (χ1) is 6.95. The van der Waals surface area contributed by atoms with Crippen LogP contribution in [0.4, 0.5) is 0 Å². The maximum atomic E-state index is 3.45. The van der Waals surface area contributed by atoms with Crippen molar-refractivity contribution >= 4 is 17.0 Å². The van der Waals surface area contributed by atoms with E-state index in [1.54, 1.807) is 0 Å². The van der Waals surface area contributed by atoms with Gasteiger partial charge in [-0.25, -0.2) is 0 Å². The molecular weight excluding hydrogens is 170 g/mol. The van der Waals surface area contributed by atoms with E-state index in [0.717, 1.165) is 6.42 Å². The Morgan fingerprint density at radius 3 is 3.07 bits per heavy atom. The number of benzene rings is 1. The van der Waals surface area contributed by atoms with Crippen molar-refractivity contribution in [1.29, 1.82) is 0 Å². The first-order valence-corrected chi connectivity index (χ1v) is 4.88. The molecule has 2 aromatic rings. The Labute approximate surface area is 84.2 Å². The van der Waals surface area contributed by atoms with Crippen molar-refractivity contribution in [3.63, 3.8) is 0 Å². The summed E-state index contributed by atoms with van der Waals surface area (Å²) in [7, 11) is 0. The van der Waals surface area contributed by atoms with Crippen LogP contribution in [0, 0.1) is 0 Å². The molecular formula is C13H13N. The number of para-hydroxylation sites is 1. The molecule has 70 valence electrons. The van der Waals surface area contributed by atoms with Gasteiger partial charge >= 0.3 is 0 Å². The molecule has 1 aliphatic rings. The number of rotatable bonds is 0. The number of H-pyrrole nitrogens is 1. The molecule has 1 aromatic heterocycles. The second kappa shape index (κ2) is 2.88. The molecule has 0 spiro atoms. The Hall–Kier alpha value is -1.76. The minimum absolute atomic E-state index is 0. The standard InChI is InChI=1S/C13H11N.H2/c1-2-6-10-11-7-4-5-9-13(11)14-12(10)8-3-1;/h1-7,9,14H,8H2;1H. The monoisotopic (exact) mass is 183 g/mol. The fourth-order valence-electron chi connectivity index (χ4n) is 1.99. The van der Waals surface area contributed by atoms with Crippen molar-refractivity contribution in [3.05, 3.63) is 53.8 Å². The van der Waals surface area contributed by atoms with Gasteiger partial charge in [-0.05, 0) is 6.07 Å². The van der Waals surface area contributed by atoms with Gasteiger partial charge in [0, 0.05) is 30.0 Å². The van der Waals surface area contributed by atoms with Gasteiger partial charge in [0.1, 0.15) is 0 Å². The Balaban J connectivity index is 0.000000853. The molecule has 0 unspecified atom stereocenters. The number of aromatic amines is 1. The Kier molecular flexibility index (Phi) is 1.57. The van der Waals surface area contributed by atoms with E-state index in [-0.39, 0.29) is 1.43 Å². The summed E-state index contributed by atoms with van der Waals surface area (Å²) in [5.41, 5.74) is 3.89. The van der Waals surface area contributed by atoms with E-state index in [2.05, 4.69) is 53.6 Å². The molecule has 1 heterocycles. The molecule has 0 fully saturated rings. The van der Waals surface area contributed by atoms with Gasteiger partial charge in [-0.15, -0.1) is 0 Å². The quantitative estimate of drug-likeness (QED) is 0.643. The van der Waals surface area contributed by atoms with Crippen LogP contribution in [0.2, 0.25) is 0 Å². The van der Waals surface area contributed by atoms with Gasteiger partial charge in [0.2, 0.25) is 0 Å². The number of hydrogen-bond donors (Lipinski definition) is 1. The highest BCUT2D eigenvalue weighted by Gasteiger charge is 2.07. The lowest BCUT2D eigenvalue weighted by atomic mass is 10.1. The lowest BCUT2D eigenvalue weighted by Crippen LogP contribution is -1.81. The van der Waals surface area contributed by atoms with Crippen LogP contribution < -0.4 is 0 Å².